The summed E-state index contributed by atoms with van der Waals surface area (Å²) in [6.45, 7) is 1.63. The molecule has 0 heterocycles. The lowest BCUT2D eigenvalue weighted by atomic mass is 10.2. The van der Waals surface area contributed by atoms with Crippen LogP contribution in [-0.2, 0) is 4.79 Å². The number of halogens is 1. The average molecular weight is 455 g/mol. The number of carbonyl (C=O) groups excluding carboxylic acids is 2. The maximum Gasteiger partial charge on any atom is 0.265 e. The maximum absolute atomic E-state index is 12.4. The van der Waals surface area contributed by atoms with Crippen molar-refractivity contribution >= 4 is 34.8 Å². The molecule has 0 fully saturated rings. The summed E-state index contributed by atoms with van der Waals surface area (Å²) in [5.41, 5.74) is 1.64. The summed E-state index contributed by atoms with van der Waals surface area (Å²) >= 11 is 6.08. The highest BCUT2D eigenvalue weighted by atomic mass is 35.5. The van der Waals surface area contributed by atoms with Crippen LogP contribution in [0.3, 0.4) is 0 Å². The Balaban J connectivity index is 1.56. The Labute approximate surface area is 191 Å². The monoisotopic (exact) mass is 454 g/mol. The predicted molar refractivity (Wildman–Crippen MR) is 124 cm³/mol. The Kier molecular flexibility index (Phi) is 7.57. The summed E-state index contributed by atoms with van der Waals surface area (Å²) in [6, 6.07) is 18.5. The van der Waals surface area contributed by atoms with Crippen LogP contribution in [-0.4, -0.2) is 32.1 Å². The third kappa shape index (κ3) is 5.92. The number of amides is 2. The normalized spacial score (nSPS) is 11.2. The molecule has 0 saturated carbocycles. The third-order valence-electron chi connectivity index (χ3n) is 4.57. The molecule has 1 unspecified atom stereocenters. The van der Waals surface area contributed by atoms with Gasteiger partial charge in [-0.3, -0.25) is 9.59 Å². The van der Waals surface area contributed by atoms with Crippen LogP contribution in [0.25, 0.3) is 0 Å². The number of rotatable bonds is 8. The largest absolute Gasteiger partial charge is 0.497 e. The molecule has 1 atom stereocenters. The second kappa shape index (κ2) is 10.5. The van der Waals surface area contributed by atoms with E-state index in [4.69, 9.17) is 25.8 Å². The molecule has 3 aromatic carbocycles. The molecule has 32 heavy (non-hydrogen) atoms. The van der Waals surface area contributed by atoms with Gasteiger partial charge in [0.05, 0.1) is 19.2 Å². The van der Waals surface area contributed by atoms with E-state index in [0.29, 0.717) is 39.2 Å². The second-order valence-electron chi connectivity index (χ2n) is 6.81. The Bertz CT molecular complexity index is 1080. The van der Waals surface area contributed by atoms with Gasteiger partial charge >= 0.3 is 0 Å². The van der Waals surface area contributed by atoms with Crippen LogP contribution in [0.1, 0.15) is 17.3 Å². The van der Waals surface area contributed by atoms with Crippen LogP contribution in [0.15, 0.2) is 66.7 Å². The molecule has 7 nitrogen and oxygen atoms in total. The first-order valence-corrected chi connectivity index (χ1v) is 10.1. The summed E-state index contributed by atoms with van der Waals surface area (Å²) in [4.78, 5) is 24.8. The average Bonchev–Trinajstić information content (AvgIpc) is 2.80. The van der Waals surface area contributed by atoms with Crippen molar-refractivity contribution < 1.29 is 23.8 Å². The summed E-state index contributed by atoms with van der Waals surface area (Å²) in [5, 5.41) is 5.94. The highest BCUT2D eigenvalue weighted by Gasteiger charge is 2.16. The lowest BCUT2D eigenvalue weighted by Crippen LogP contribution is -2.30. The molecule has 2 amide bonds. The molecule has 2 N–H and O–H groups in total. The lowest BCUT2D eigenvalue weighted by Gasteiger charge is -2.15. The van der Waals surface area contributed by atoms with Gasteiger partial charge in [0.25, 0.3) is 11.8 Å². The molecular formula is C24H23ClN2O5. The fourth-order valence-corrected chi connectivity index (χ4v) is 3.07. The zero-order valence-electron chi connectivity index (χ0n) is 17.8. The Morgan fingerprint density at radius 1 is 0.812 bits per heavy atom. The highest BCUT2D eigenvalue weighted by Crippen LogP contribution is 2.27. The van der Waals surface area contributed by atoms with Crippen LogP contribution in [0.2, 0.25) is 5.02 Å². The molecular weight excluding hydrogens is 432 g/mol. The van der Waals surface area contributed by atoms with Crippen molar-refractivity contribution in [2.45, 2.75) is 13.0 Å². The fourth-order valence-electron chi connectivity index (χ4n) is 2.81. The summed E-state index contributed by atoms with van der Waals surface area (Å²) in [5.74, 6) is 1.08. The first-order chi connectivity index (χ1) is 15.4. The quantitative estimate of drug-likeness (QED) is 0.499. The van der Waals surface area contributed by atoms with Gasteiger partial charge in [0.2, 0.25) is 0 Å². The first kappa shape index (κ1) is 23.0. The van der Waals surface area contributed by atoms with Gasteiger partial charge in [-0.15, -0.1) is 0 Å². The van der Waals surface area contributed by atoms with Gasteiger partial charge in [-0.2, -0.15) is 0 Å². The molecule has 0 saturated heterocycles. The van der Waals surface area contributed by atoms with Gasteiger partial charge in [-0.05, 0) is 73.7 Å². The smallest absolute Gasteiger partial charge is 0.265 e. The second-order valence-corrected chi connectivity index (χ2v) is 7.21. The molecule has 0 aliphatic heterocycles. The van der Waals surface area contributed by atoms with Crippen molar-refractivity contribution in [2.24, 2.45) is 0 Å². The summed E-state index contributed by atoms with van der Waals surface area (Å²) in [7, 11) is 3.10. The van der Waals surface area contributed by atoms with E-state index in [1.165, 1.54) is 7.11 Å². The van der Waals surface area contributed by atoms with Gasteiger partial charge in [-0.25, -0.2) is 0 Å². The third-order valence-corrected chi connectivity index (χ3v) is 4.86. The predicted octanol–water partition coefficient (Wildman–Crippen LogP) is 5.02. The molecule has 0 spiro atoms. The van der Waals surface area contributed by atoms with E-state index >= 15 is 0 Å². The molecule has 166 valence electrons. The molecule has 0 radical (unpaired) electrons. The Morgan fingerprint density at radius 2 is 1.44 bits per heavy atom. The molecule has 0 aromatic heterocycles. The Morgan fingerprint density at radius 3 is 2.03 bits per heavy atom. The first-order valence-electron chi connectivity index (χ1n) is 9.76. The Hall–Kier alpha value is -3.71. The van der Waals surface area contributed by atoms with E-state index in [9.17, 15) is 9.59 Å². The SMILES string of the molecule is COc1ccc(NC(=O)c2ccc(OC(C)C(=O)Nc3ccc(OC)c(Cl)c3)cc2)cc1. The summed E-state index contributed by atoms with van der Waals surface area (Å²) < 4.78 is 15.9. The van der Waals surface area contributed by atoms with E-state index in [1.54, 1.807) is 80.8 Å². The number of carbonyl (C=O) groups is 2. The number of hydrogen-bond donors (Lipinski definition) is 2. The van der Waals surface area contributed by atoms with Crippen LogP contribution >= 0.6 is 11.6 Å². The minimum Gasteiger partial charge on any atom is -0.497 e. The molecule has 0 aliphatic rings. The number of hydrogen-bond acceptors (Lipinski definition) is 5. The van der Waals surface area contributed by atoms with Gasteiger partial charge in [0.1, 0.15) is 17.2 Å². The van der Waals surface area contributed by atoms with Gasteiger partial charge < -0.3 is 24.8 Å². The molecule has 0 bridgehead atoms. The zero-order valence-corrected chi connectivity index (χ0v) is 18.6. The van der Waals surface area contributed by atoms with E-state index < -0.39 is 6.10 Å². The van der Waals surface area contributed by atoms with Crippen molar-refractivity contribution in [3.05, 3.63) is 77.3 Å². The van der Waals surface area contributed by atoms with Crippen molar-refractivity contribution in [3.63, 3.8) is 0 Å². The van der Waals surface area contributed by atoms with E-state index in [1.807, 2.05) is 0 Å². The van der Waals surface area contributed by atoms with Gasteiger partial charge in [0.15, 0.2) is 6.10 Å². The van der Waals surface area contributed by atoms with E-state index in [0.717, 1.165) is 0 Å². The van der Waals surface area contributed by atoms with Crippen molar-refractivity contribution in [2.75, 3.05) is 24.9 Å². The van der Waals surface area contributed by atoms with Crippen LogP contribution in [0, 0.1) is 0 Å². The molecule has 3 aromatic rings. The van der Waals surface area contributed by atoms with Crippen LogP contribution in [0.4, 0.5) is 11.4 Å². The van der Waals surface area contributed by atoms with Crippen LogP contribution in [0.5, 0.6) is 17.2 Å². The van der Waals surface area contributed by atoms with Crippen molar-refractivity contribution in [1.82, 2.24) is 0 Å². The fraction of sp³-hybridized carbons (Fsp3) is 0.167. The molecule has 8 heteroatoms. The molecule has 3 rings (SSSR count). The maximum atomic E-state index is 12.4. The number of anilines is 2. The molecule has 0 aliphatic carbocycles. The lowest BCUT2D eigenvalue weighted by molar-refractivity contribution is -0.122. The van der Waals surface area contributed by atoms with E-state index in [-0.39, 0.29) is 11.8 Å². The topological polar surface area (TPSA) is 85.9 Å². The number of benzene rings is 3. The zero-order chi connectivity index (χ0) is 23.1. The minimum absolute atomic E-state index is 0.260. The van der Waals surface area contributed by atoms with Crippen molar-refractivity contribution in [1.29, 1.82) is 0 Å². The number of nitrogens with one attached hydrogen (secondary N) is 2. The van der Waals surface area contributed by atoms with Gasteiger partial charge in [0, 0.05) is 16.9 Å². The number of ether oxygens (including phenoxy) is 3. The highest BCUT2D eigenvalue weighted by molar-refractivity contribution is 6.32. The van der Waals surface area contributed by atoms with Gasteiger partial charge in [-0.1, -0.05) is 11.6 Å². The standard InChI is InChI=1S/C24H23ClN2O5/c1-15(23(28)27-18-8-13-22(31-3)21(25)14-18)32-20-9-4-16(5-10-20)24(29)26-17-6-11-19(30-2)12-7-17/h4-15H,1-3H3,(H,26,29)(H,27,28). The van der Waals surface area contributed by atoms with Crippen LogP contribution < -0.4 is 24.8 Å². The summed E-state index contributed by atoms with van der Waals surface area (Å²) in [6.07, 6.45) is -0.769. The van der Waals surface area contributed by atoms with Crippen molar-refractivity contribution in [3.8, 4) is 17.2 Å². The van der Waals surface area contributed by atoms with E-state index in [2.05, 4.69) is 10.6 Å². The number of methoxy groups -OCH3 is 2. The minimum atomic E-state index is -0.769.